The lowest BCUT2D eigenvalue weighted by atomic mass is 10.1. The zero-order chi connectivity index (χ0) is 21.4. The van der Waals surface area contributed by atoms with Gasteiger partial charge < -0.3 is 14.7 Å². The van der Waals surface area contributed by atoms with Gasteiger partial charge in [0.05, 0.1) is 6.42 Å². The van der Waals surface area contributed by atoms with Gasteiger partial charge in [-0.15, -0.1) is 0 Å². The summed E-state index contributed by atoms with van der Waals surface area (Å²) in [6.45, 7) is 7.91. The third-order valence-electron chi connectivity index (χ3n) is 4.43. The highest BCUT2D eigenvalue weighted by molar-refractivity contribution is 5.84. The molecule has 0 aromatic carbocycles. The lowest BCUT2D eigenvalue weighted by Crippen LogP contribution is -2.39. The van der Waals surface area contributed by atoms with E-state index in [4.69, 9.17) is 9.84 Å². The summed E-state index contributed by atoms with van der Waals surface area (Å²) < 4.78 is 5.29. The van der Waals surface area contributed by atoms with Crippen LogP contribution in [0.25, 0.3) is 0 Å². The van der Waals surface area contributed by atoms with Gasteiger partial charge in [0, 0.05) is 13.0 Å². The predicted octanol–water partition coefficient (Wildman–Crippen LogP) is 4.94. The van der Waals surface area contributed by atoms with Gasteiger partial charge >= 0.3 is 11.9 Å². The molecule has 0 aromatic rings. The Labute approximate surface area is 171 Å². The fourth-order valence-electron chi connectivity index (χ4n) is 2.98. The molecule has 0 fully saturated rings. The number of unbranched alkanes of at least 4 members (excludes halogenated alkanes) is 9. The molecule has 0 atom stereocenters. The molecule has 6 nitrogen and oxygen atoms in total. The van der Waals surface area contributed by atoms with Crippen LogP contribution in [0.1, 0.15) is 105 Å². The Morgan fingerprint density at radius 2 is 1.32 bits per heavy atom. The first-order valence-corrected chi connectivity index (χ1v) is 10.9. The van der Waals surface area contributed by atoms with Gasteiger partial charge in [0.1, 0.15) is 12.1 Å². The Bertz CT molecular complexity index is 456. The van der Waals surface area contributed by atoms with E-state index in [0.29, 0.717) is 6.54 Å². The molecule has 6 heteroatoms. The van der Waals surface area contributed by atoms with Crippen molar-refractivity contribution in [3.63, 3.8) is 0 Å². The number of ether oxygens (including phenoxy) is 1. The molecule has 0 aliphatic heterocycles. The van der Waals surface area contributed by atoms with E-state index in [-0.39, 0.29) is 25.3 Å². The number of carbonyl (C=O) groups is 3. The maximum Gasteiger partial charge on any atom is 0.326 e. The van der Waals surface area contributed by atoms with E-state index in [1.807, 2.05) is 0 Å². The summed E-state index contributed by atoms with van der Waals surface area (Å²) in [4.78, 5) is 36.5. The number of carboxylic acid groups (broad SMARTS) is 1. The van der Waals surface area contributed by atoms with E-state index >= 15 is 0 Å². The highest BCUT2D eigenvalue weighted by Gasteiger charge is 2.22. The van der Waals surface area contributed by atoms with E-state index in [1.54, 1.807) is 20.8 Å². The summed E-state index contributed by atoms with van der Waals surface area (Å²) in [5.41, 5.74) is -0.607. The molecule has 28 heavy (non-hydrogen) atoms. The van der Waals surface area contributed by atoms with Gasteiger partial charge in [-0.1, -0.05) is 64.7 Å². The maximum absolute atomic E-state index is 12.3. The first-order chi connectivity index (χ1) is 13.2. The number of carbonyl (C=O) groups excluding carboxylic acids is 2. The van der Waals surface area contributed by atoms with Crippen molar-refractivity contribution >= 4 is 17.8 Å². The van der Waals surface area contributed by atoms with Gasteiger partial charge in [-0.3, -0.25) is 14.4 Å². The molecular formula is C22H41NO5. The number of nitrogens with zero attached hydrogens (tertiary/aromatic N) is 1. The fraction of sp³-hybridized carbons (Fsp3) is 0.864. The molecule has 0 unspecified atom stereocenters. The number of carboxylic acids is 1. The lowest BCUT2D eigenvalue weighted by Gasteiger charge is -2.25. The molecule has 0 bridgehead atoms. The second-order valence-corrected chi connectivity index (χ2v) is 8.48. The smallest absolute Gasteiger partial charge is 0.326 e. The van der Waals surface area contributed by atoms with Crippen LogP contribution in [0.15, 0.2) is 0 Å². The number of rotatable bonds is 16. The van der Waals surface area contributed by atoms with Crippen molar-refractivity contribution in [2.75, 3.05) is 13.1 Å². The number of amides is 1. The zero-order valence-electron chi connectivity index (χ0n) is 18.4. The Balaban J connectivity index is 4.21. The average Bonchev–Trinajstić information content (AvgIpc) is 2.58. The molecule has 0 heterocycles. The molecule has 0 radical (unpaired) electrons. The maximum atomic E-state index is 12.3. The molecule has 1 amide bonds. The van der Waals surface area contributed by atoms with Gasteiger partial charge in [0.2, 0.25) is 5.91 Å². The quantitative estimate of drug-likeness (QED) is 0.293. The number of hydrogen-bond donors (Lipinski definition) is 1. The van der Waals surface area contributed by atoms with Crippen LogP contribution in [-0.2, 0) is 19.1 Å². The summed E-state index contributed by atoms with van der Waals surface area (Å²) in [6, 6.07) is 0. The second-order valence-electron chi connectivity index (χ2n) is 8.48. The number of aliphatic carboxylic acids is 1. The molecule has 0 saturated heterocycles. The molecule has 0 rings (SSSR count). The normalized spacial score (nSPS) is 11.3. The topological polar surface area (TPSA) is 83.9 Å². The van der Waals surface area contributed by atoms with Crippen LogP contribution in [0.3, 0.4) is 0 Å². The number of esters is 1. The van der Waals surface area contributed by atoms with Crippen LogP contribution in [0.2, 0.25) is 0 Å². The first kappa shape index (κ1) is 26.4. The molecule has 0 aliphatic carbocycles. The van der Waals surface area contributed by atoms with Gasteiger partial charge in [-0.05, 0) is 27.2 Å². The van der Waals surface area contributed by atoms with Crippen LogP contribution in [-0.4, -0.2) is 46.5 Å². The van der Waals surface area contributed by atoms with Crippen LogP contribution in [0.4, 0.5) is 0 Å². The molecule has 0 aliphatic rings. The van der Waals surface area contributed by atoms with Crippen molar-refractivity contribution in [1.29, 1.82) is 0 Å². The Kier molecular flexibility index (Phi) is 14.5. The minimum absolute atomic E-state index is 0.0874. The summed E-state index contributed by atoms with van der Waals surface area (Å²) in [7, 11) is 0. The van der Waals surface area contributed by atoms with Crippen molar-refractivity contribution < 1.29 is 24.2 Å². The van der Waals surface area contributed by atoms with Crippen molar-refractivity contribution in [2.45, 2.75) is 110 Å². The molecule has 0 spiro atoms. The van der Waals surface area contributed by atoms with E-state index in [1.165, 1.54) is 49.8 Å². The second kappa shape index (κ2) is 15.3. The van der Waals surface area contributed by atoms with Crippen molar-refractivity contribution in [2.24, 2.45) is 0 Å². The fourth-order valence-corrected chi connectivity index (χ4v) is 2.98. The molecule has 1 N–H and O–H groups in total. The first-order valence-electron chi connectivity index (χ1n) is 10.9. The number of hydrogen-bond acceptors (Lipinski definition) is 4. The van der Waals surface area contributed by atoms with Crippen molar-refractivity contribution in [3.8, 4) is 0 Å². The summed E-state index contributed by atoms with van der Waals surface area (Å²) in [6.07, 6.45) is 11.6. The summed E-state index contributed by atoms with van der Waals surface area (Å²) >= 11 is 0. The minimum Gasteiger partial charge on any atom is -0.481 e. The Morgan fingerprint density at radius 1 is 0.821 bits per heavy atom. The predicted molar refractivity (Wildman–Crippen MR) is 111 cm³/mol. The highest BCUT2D eigenvalue weighted by Crippen LogP contribution is 2.12. The Hall–Kier alpha value is -1.59. The molecule has 0 saturated carbocycles. The highest BCUT2D eigenvalue weighted by atomic mass is 16.6. The lowest BCUT2D eigenvalue weighted by molar-refractivity contribution is -0.159. The van der Waals surface area contributed by atoms with Crippen LogP contribution in [0.5, 0.6) is 0 Å². The zero-order valence-corrected chi connectivity index (χ0v) is 18.4. The minimum atomic E-state index is -1.01. The van der Waals surface area contributed by atoms with Crippen LogP contribution < -0.4 is 0 Å². The molecule has 164 valence electrons. The van der Waals surface area contributed by atoms with Gasteiger partial charge in [-0.2, -0.15) is 0 Å². The van der Waals surface area contributed by atoms with E-state index in [2.05, 4.69) is 6.92 Å². The van der Waals surface area contributed by atoms with Gasteiger partial charge in [0.25, 0.3) is 0 Å². The monoisotopic (exact) mass is 399 g/mol. The third kappa shape index (κ3) is 16.6. The van der Waals surface area contributed by atoms with Crippen molar-refractivity contribution in [1.82, 2.24) is 4.90 Å². The summed E-state index contributed by atoms with van der Waals surface area (Å²) in [5, 5.41) is 8.78. The van der Waals surface area contributed by atoms with E-state index in [9.17, 15) is 14.4 Å². The molecular weight excluding hydrogens is 358 g/mol. The van der Waals surface area contributed by atoms with Gasteiger partial charge in [0.15, 0.2) is 0 Å². The van der Waals surface area contributed by atoms with Gasteiger partial charge in [-0.25, -0.2) is 0 Å². The van der Waals surface area contributed by atoms with E-state index < -0.39 is 17.5 Å². The summed E-state index contributed by atoms with van der Waals surface area (Å²) in [5.74, 6) is -1.77. The SMILES string of the molecule is CCCCCCCCCCCCN(CC(=O)OC(C)(C)C)C(=O)CCC(=O)O. The van der Waals surface area contributed by atoms with Crippen molar-refractivity contribution in [3.05, 3.63) is 0 Å². The standard InChI is InChI=1S/C22H41NO5/c1-5-6-7-8-9-10-11-12-13-14-17-23(19(24)15-16-20(25)26)18-21(27)28-22(2,3)4/h5-18H2,1-4H3,(H,25,26). The Morgan fingerprint density at radius 3 is 1.79 bits per heavy atom. The largest absolute Gasteiger partial charge is 0.481 e. The molecule has 0 aromatic heterocycles. The van der Waals surface area contributed by atoms with Crippen LogP contribution >= 0.6 is 0 Å². The van der Waals surface area contributed by atoms with E-state index in [0.717, 1.165) is 19.3 Å². The third-order valence-corrected chi connectivity index (χ3v) is 4.43. The average molecular weight is 400 g/mol. The van der Waals surface area contributed by atoms with Crippen LogP contribution in [0, 0.1) is 0 Å².